The van der Waals surface area contributed by atoms with Crippen LogP contribution in [0.15, 0.2) is 41.1 Å². The Morgan fingerprint density at radius 1 is 1.38 bits per heavy atom. The van der Waals surface area contributed by atoms with Crippen molar-refractivity contribution in [3.8, 4) is 5.75 Å². The van der Waals surface area contributed by atoms with Crippen molar-refractivity contribution in [1.29, 1.82) is 0 Å². The number of thiazole rings is 1. The second kappa shape index (κ2) is 5.79. The standard InChI is InChI=1S/C14H10BrN3O2S/c1-20-8-4-5-10-11(7-8)21-14(17-10)18-13(19)9-3-2-6-16-12(9)15/h2-7H,1H3,(H,17,18,19). The summed E-state index contributed by atoms with van der Waals surface area (Å²) in [5, 5.41) is 3.32. The lowest BCUT2D eigenvalue weighted by Crippen LogP contribution is -2.12. The zero-order valence-electron chi connectivity index (χ0n) is 11.0. The van der Waals surface area contributed by atoms with Gasteiger partial charge in [-0.25, -0.2) is 9.97 Å². The van der Waals surface area contributed by atoms with Gasteiger partial charge in [0.1, 0.15) is 10.4 Å². The maximum Gasteiger partial charge on any atom is 0.260 e. The first-order valence-corrected chi connectivity index (χ1v) is 7.65. The maximum absolute atomic E-state index is 12.2. The molecule has 0 fully saturated rings. The third kappa shape index (κ3) is 2.88. The van der Waals surface area contributed by atoms with Crippen LogP contribution in [-0.2, 0) is 0 Å². The highest BCUT2D eigenvalue weighted by atomic mass is 79.9. The number of nitrogens with one attached hydrogen (secondary N) is 1. The van der Waals surface area contributed by atoms with Gasteiger partial charge < -0.3 is 4.74 Å². The molecule has 0 aliphatic heterocycles. The Morgan fingerprint density at radius 3 is 3.00 bits per heavy atom. The molecule has 0 unspecified atom stereocenters. The predicted octanol–water partition coefficient (Wildman–Crippen LogP) is 3.71. The van der Waals surface area contributed by atoms with Crippen LogP contribution in [0.3, 0.4) is 0 Å². The molecular formula is C14H10BrN3O2S. The first kappa shape index (κ1) is 14.0. The molecule has 3 aromatic rings. The number of hydrogen-bond acceptors (Lipinski definition) is 5. The predicted molar refractivity (Wildman–Crippen MR) is 86.1 cm³/mol. The highest BCUT2D eigenvalue weighted by Crippen LogP contribution is 2.29. The van der Waals surface area contributed by atoms with Crippen molar-refractivity contribution in [3.05, 3.63) is 46.7 Å². The normalized spacial score (nSPS) is 10.6. The molecule has 0 aliphatic carbocycles. The SMILES string of the molecule is COc1ccc2nc(NC(=O)c3cccnc3Br)sc2c1. The van der Waals surface area contributed by atoms with Crippen LogP contribution in [0.4, 0.5) is 5.13 Å². The summed E-state index contributed by atoms with van der Waals surface area (Å²) in [7, 11) is 1.62. The van der Waals surface area contributed by atoms with Crippen molar-refractivity contribution in [2.24, 2.45) is 0 Å². The molecule has 1 aromatic carbocycles. The molecule has 0 aliphatic rings. The molecule has 0 spiro atoms. The number of carbonyl (C=O) groups is 1. The molecule has 7 heteroatoms. The van der Waals surface area contributed by atoms with Crippen molar-refractivity contribution in [2.45, 2.75) is 0 Å². The fourth-order valence-electron chi connectivity index (χ4n) is 1.81. The molecule has 0 atom stereocenters. The third-order valence-electron chi connectivity index (χ3n) is 2.82. The van der Waals surface area contributed by atoms with Gasteiger partial charge in [0.25, 0.3) is 5.91 Å². The number of aromatic nitrogens is 2. The van der Waals surface area contributed by atoms with E-state index in [-0.39, 0.29) is 5.91 Å². The van der Waals surface area contributed by atoms with Gasteiger partial charge in [-0.3, -0.25) is 10.1 Å². The lowest BCUT2D eigenvalue weighted by Gasteiger charge is -2.02. The Labute approximate surface area is 133 Å². The van der Waals surface area contributed by atoms with E-state index in [1.807, 2.05) is 18.2 Å². The van der Waals surface area contributed by atoms with E-state index < -0.39 is 0 Å². The lowest BCUT2D eigenvalue weighted by atomic mass is 10.3. The molecule has 3 rings (SSSR count). The molecule has 0 saturated carbocycles. The Hall–Kier alpha value is -1.99. The molecule has 0 bridgehead atoms. The van der Waals surface area contributed by atoms with E-state index in [4.69, 9.17) is 4.74 Å². The number of pyridine rings is 1. The average Bonchev–Trinajstić information content (AvgIpc) is 2.88. The van der Waals surface area contributed by atoms with Crippen LogP contribution in [0.2, 0.25) is 0 Å². The number of ether oxygens (including phenoxy) is 1. The maximum atomic E-state index is 12.2. The minimum atomic E-state index is -0.249. The van der Waals surface area contributed by atoms with Crippen LogP contribution < -0.4 is 10.1 Å². The molecule has 21 heavy (non-hydrogen) atoms. The summed E-state index contributed by atoms with van der Waals surface area (Å²) in [6, 6.07) is 9.00. The number of anilines is 1. The molecular weight excluding hydrogens is 354 g/mol. The number of methoxy groups -OCH3 is 1. The van der Waals surface area contributed by atoms with E-state index in [0.717, 1.165) is 16.0 Å². The monoisotopic (exact) mass is 363 g/mol. The van der Waals surface area contributed by atoms with E-state index >= 15 is 0 Å². The van der Waals surface area contributed by atoms with Gasteiger partial charge in [0, 0.05) is 6.20 Å². The smallest absolute Gasteiger partial charge is 0.260 e. The Balaban J connectivity index is 1.88. The van der Waals surface area contributed by atoms with Crippen molar-refractivity contribution < 1.29 is 9.53 Å². The molecule has 1 N–H and O–H groups in total. The third-order valence-corrected chi connectivity index (χ3v) is 4.39. The van der Waals surface area contributed by atoms with Crippen molar-refractivity contribution in [2.75, 3.05) is 12.4 Å². The van der Waals surface area contributed by atoms with Crippen LogP contribution in [0.5, 0.6) is 5.75 Å². The number of fused-ring (bicyclic) bond motifs is 1. The van der Waals surface area contributed by atoms with Crippen LogP contribution in [0.1, 0.15) is 10.4 Å². The number of nitrogens with zero attached hydrogens (tertiary/aromatic N) is 2. The largest absolute Gasteiger partial charge is 0.497 e. The van der Waals surface area contributed by atoms with Crippen molar-refractivity contribution in [3.63, 3.8) is 0 Å². The minimum absolute atomic E-state index is 0.249. The number of hydrogen-bond donors (Lipinski definition) is 1. The second-order valence-electron chi connectivity index (χ2n) is 4.15. The summed E-state index contributed by atoms with van der Waals surface area (Å²) < 4.78 is 6.63. The van der Waals surface area contributed by atoms with Gasteiger partial charge in [-0.15, -0.1) is 0 Å². The van der Waals surface area contributed by atoms with Gasteiger partial charge >= 0.3 is 0 Å². The molecule has 2 heterocycles. The quantitative estimate of drug-likeness (QED) is 0.720. The van der Waals surface area contributed by atoms with Crippen LogP contribution in [0, 0.1) is 0 Å². The Morgan fingerprint density at radius 2 is 2.24 bits per heavy atom. The fourth-order valence-corrected chi connectivity index (χ4v) is 3.13. The van der Waals surface area contributed by atoms with E-state index in [0.29, 0.717) is 15.3 Å². The molecule has 5 nitrogen and oxygen atoms in total. The van der Waals surface area contributed by atoms with Gasteiger partial charge in [0.15, 0.2) is 5.13 Å². The zero-order valence-corrected chi connectivity index (χ0v) is 13.4. The van der Waals surface area contributed by atoms with Crippen LogP contribution >= 0.6 is 27.3 Å². The molecule has 2 aromatic heterocycles. The van der Waals surface area contributed by atoms with Gasteiger partial charge in [0.05, 0.1) is 22.9 Å². The van der Waals surface area contributed by atoms with Crippen molar-refractivity contribution in [1.82, 2.24) is 9.97 Å². The van der Waals surface area contributed by atoms with Gasteiger partial charge in [0.2, 0.25) is 0 Å². The lowest BCUT2D eigenvalue weighted by molar-refractivity contribution is 0.102. The molecule has 106 valence electrons. The van der Waals surface area contributed by atoms with E-state index in [1.54, 1.807) is 25.4 Å². The highest BCUT2D eigenvalue weighted by molar-refractivity contribution is 9.10. The molecule has 1 amide bonds. The van der Waals surface area contributed by atoms with Crippen LogP contribution in [0.25, 0.3) is 10.2 Å². The summed E-state index contributed by atoms with van der Waals surface area (Å²) in [6.45, 7) is 0. The molecule has 0 saturated heterocycles. The first-order chi connectivity index (χ1) is 10.2. The Kier molecular flexibility index (Phi) is 3.85. The summed E-state index contributed by atoms with van der Waals surface area (Å²) in [4.78, 5) is 20.6. The van der Waals surface area contributed by atoms with E-state index in [1.165, 1.54) is 11.3 Å². The Bertz CT molecular complexity index is 819. The summed E-state index contributed by atoms with van der Waals surface area (Å²) in [5.74, 6) is 0.514. The molecule has 0 radical (unpaired) electrons. The van der Waals surface area contributed by atoms with Gasteiger partial charge in [-0.1, -0.05) is 11.3 Å². The van der Waals surface area contributed by atoms with Crippen molar-refractivity contribution >= 4 is 48.5 Å². The summed E-state index contributed by atoms with van der Waals surface area (Å²) in [6.07, 6.45) is 1.62. The number of benzene rings is 1. The van der Waals surface area contributed by atoms with Crippen LogP contribution in [-0.4, -0.2) is 23.0 Å². The number of amides is 1. The minimum Gasteiger partial charge on any atom is -0.497 e. The topological polar surface area (TPSA) is 64.1 Å². The van der Waals surface area contributed by atoms with Gasteiger partial charge in [-0.05, 0) is 46.3 Å². The summed E-state index contributed by atoms with van der Waals surface area (Å²) in [5.41, 5.74) is 1.29. The number of halogens is 1. The summed E-state index contributed by atoms with van der Waals surface area (Å²) >= 11 is 4.66. The van der Waals surface area contributed by atoms with E-state index in [9.17, 15) is 4.79 Å². The van der Waals surface area contributed by atoms with E-state index in [2.05, 4.69) is 31.2 Å². The second-order valence-corrected chi connectivity index (χ2v) is 5.93. The van der Waals surface area contributed by atoms with Gasteiger partial charge in [-0.2, -0.15) is 0 Å². The fraction of sp³-hybridized carbons (Fsp3) is 0.0714. The average molecular weight is 364 g/mol. The number of carbonyl (C=O) groups excluding carboxylic acids is 1. The number of rotatable bonds is 3. The highest BCUT2D eigenvalue weighted by Gasteiger charge is 2.13. The first-order valence-electron chi connectivity index (χ1n) is 6.04. The zero-order chi connectivity index (χ0) is 14.8.